The highest BCUT2D eigenvalue weighted by atomic mass is 32.2. The Labute approximate surface area is 170 Å². The summed E-state index contributed by atoms with van der Waals surface area (Å²) in [4.78, 5) is 35.0. The molecule has 9 nitrogen and oxygen atoms in total. The van der Waals surface area contributed by atoms with Gasteiger partial charge in [-0.15, -0.1) is 0 Å². The van der Waals surface area contributed by atoms with Gasteiger partial charge < -0.3 is 10.1 Å². The summed E-state index contributed by atoms with van der Waals surface area (Å²) >= 11 is 0. The second-order valence-electron chi connectivity index (χ2n) is 7.88. The van der Waals surface area contributed by atoms with E-state index in [2.05, 4.69) is 10.0 Å². The maximum Gasteiger partial charge on any atom is 0.321 e. The van der Waals surface area contributed by atoms with E-state index in [4.69, 9.17) is 4.74 Å². The number of carbonyl (C=O) groups excluding carboxylic acids is 3. The molecule has 1 aromatic carbocycles. The van der Waals surface area contributed by atoms with Crippen LogP contribution in [0.3, 0.4) is 0 Å². The smallest absolute Gasteiger partial charge is 0.321 e. The van der Waals surface area contributed by atoms with Gasteiger partial charge in [0, 0.05) is 5.54 Å². The predicted molar refractivity (Wildman–Crippen MR) is 106 cm³/mol. The highest BCUT2D eigenvalue weighted by Crippen LogP contribution is 2.23. The molecule has 29 heavy (non-hydrogen) atoms. The molecule has 0 aliphatic heterocycles. The van der Waals surface area contributed by atoms with E-state index in [1.165, 1.54) is 6.07 Å². The Hall–Kier alpha value is -2.46. The lowest BCUT2D eigenvalue weighted by atomic mass is 9.92. The number of hydrogen-bond donors (Lipinski definition) is 3. The Bertz CT molecular complexity index is 890. The SMILES string of the molecule is CC(C)(C)NC(=O)NC(=O)COC(=O)CNS(=O)(=O)c1ccc2c(c1)CCCC2. The van der Waals surface area contributed by atoms with Gasteiger partial charge >= 0.3 is 12.0 Å². The van der Waals surface area contributed by atoms with Gasteiger partial charge in [-0.3, -0.25) is 14.9 Å². The Morgan fingerprint density at radius 3 is 2.38 bits per heavy atom. The molecule has 1 aliphatic carbocycles. The number of aryl methyl sites for hydroxylation is 2. The number of urea groups is 1. The first-order chi connectivity index (χ1) is 13.5. The van der Waals surface area contributed by atoms with Crippen molar-refractivity contribution in [2.24, 2.45) is 0 Å². The third kappa shape index (κ3) is 7.47. The van der Waals surface area contributed by atoms with Crippen LogP contribution in [0.25, 0.3) is 0 Å². The number of hydrogen-bond acceptors (Lipinski definition) is 6. The molecule has 160 valence electrons. The van der Waals surface area contributed by atoms with Crippen molar-refractivity contribution in [3.05, 3.63) is 29.3 Å². The largest absolute Gasteiger partial charge is 0.455 e. The van der Waals surface area contributed by atoms with Crippen molar-refractivity contribution in [1.82, 2.24) is 15.4 Å². The van der Waals surface area contributed by atoms with Crippen LogP contribution in [0.4, 0.5) is 4.79 Å². The lowest BCUT2D eigenvalue weighted by molar-refractivity contribution is -0.147. The van der Waals surface area contributed by atoms with Crippen LogP contribution in [0, 0.1) is 0 Å². The fourth-order valence-corrected chi connectivity index (χ4v) is 3.87. The zero-order valence-corrected chi connectivity index (χ0v) is 17.6. The van der Waals surface area contributed by atoms with Gasteiger partial charge in [0.1, 0.15) is 6.54 Å². The number of sulfonamides is 1. The number of rotatable bonds is 6. The van der Waals surface area contributed by atoms with Gasteiger partial charge in [0.25, 0.3) is 5.91 Å². The number of imide groups is 1. The lowest BCUT2D eigenvalue weighted by Crippen LogP contribution is -2.49. The van der Waals surface area contributed by atoms with Crippen molar-refractivity contribution in [1.29, 1.82) is 0 Å². The minimum atomic E-state index is -3.88. The number of ether oxygens (including phenoxy) is 1. The molecule has 0 saturated carbocycles. The van der Waals surface area contributed by atoms with Crippen molar-refractivity contribution in [2.45, 2.75) is 56.9 Å². The van der Waals surface area contributed by atoms with E-state index >= 15 is 0 Å². The summed E-state index contributed by atoms with van der Waals surface area (Å²) in [7, 11) is -3.88. The van der Waals surface area contributed by atoms with E-state index in [1.54, 1.807) is 32.9 Å². The van der Waals surface area contributed by atoms with Gasteiger partial charge in [-0.2, -0.15) is 4.72 Å². The van der Waals surface area contributed by atoms with E-state index in [0.717, 1.165) is 36.8 Å². The number of esters is 1. The molecule has 1 aliphatic rings. The van der Waals surface area contributed by atoms with Gasteiger partial charge in [-0.1, -0.05) is 6.07 Å². The van der Waals surface area contributed by atoms with Crippen LogP contribution in [-0.2, 0) is 37.2 Å². The lowest BCUT2D eigenvalue weighted by Gasteiger charge is -2.20. The van der Waals surface area contributed by atoms with E-state index in [0.29, 0.717) is 0 Å². The molecule has 3 N–H and O–H groups in total. The number of carbonyl (C=O) groups is 3. The molecule has 0 aromatic heterocycles. The maximum absolute atomic E-state index is 12.4. The van der Waals surface area contributed by atoms with Gasteiger partial charge in [0.2, 0.25) is 10.0 Å². The first-order valence-electron chi connectivity index (χ1n) is 9.35. The molecule has 0 atom stereocenters. The topological polar surface area (TPSA) is 131 Å². The second kappa shape index (κ2) is 9.36. The predicted octanol–water partition coefficient (Wildman–Crippen LogP) is 1.01. The zero-order chi connectivity index (χ0) is 21.7. The molecular weight excluding hydrogens is 398 g/mol. The number of fused-ring (bicyclic) bond motifs is 1. The third-order valence-corrected chi connectivity index (χ3v) is 5.54. The molecule has 0 bridgehead atoms. The van der Waals surface area contributed by atoms with E-state index in [-0.39, 0.29) is 4.90 Å². The van der Waals surface area contributed by atoms with Gasteiger partial charge in [0.15, 0.2) is 6.61 Å². The molecule has 1 aromatic rings. The van der Waals surface area contributed by atoms with Crippen LogP contribution in [0.5, 0.6) is 0 Å². The molecule has 0 radical (unpaired) electrons. The Morgan fingerprint density at radius 1 is 1.07 bits per heavy atom. The standard InChI is InChI=1S/C19H27N3O6S/c1-19(2,3)22-18(25)21-16(23)12-28-17(24)11-20-29(26,27)15-9-8-13-6-4-5-7-14(13)10-15/h8-10,20H,4-7,11-12H2,1-3H3,(H2,21,22,23,25). The quantitative estimate of drug-likeness (QED) is 0.583. The van der Waals surface area contributed by atoms with Gasteiger partial charge in [-0.25, -0.2) is 13.2 Å². The number of amides is 3. The summed E-state index contributed by atoms with van der Waals surface area (Å²) in [6, 6.07) is 4.23. The van der Waals surface area contributed by atoms with Crippen LogP contribution in [0.15, 0.2) is 23.1 Å². The minimum Gasteiger partial charge on any atom is -0.455 e. The Kier molecular flexibility index (Phi) is 7.37. The normalized spacial score (nSPS) is 13.9. The average molecular weight is 426 g/mol. The first-order valence-corrected chi connectivity index (χ1v) is 10.8. The number of benzene rings is 1. The Morgan fingerprint density at radius 2 is 1.72 bits per heavy atom. The van der Waals surface area contributed by atoms with Crippen molar-refractivity contribution in [3.8, 4) is 0 Å². The monoisotopic (exact) mass is 425 g/mol. The minimum absolute atomic E-state index is 0.0857. The highest BCUT2D eigenvalue weighted by Gasteiger charge is 2.20. The fourth-order valence-electron chi connectivity index (χ4n) is 2.85. The molecule has 10 heteroatoms. The summed E-state index contributed by atoms with van der Waals surface area (Å²) < 4.78 is 31.6. The summed E-state index contributed by atoms with van der Waals surface area (Å²) in [6.07, 6.45) is 3.88. The summed E-state index contributed by atoms with van der Waals surface area (Å²) in [5.74, 6) is -1.75. The van der Waals surface area contributed by atoms with Crippen LogP contribution in [-0.4, -0.2) is 45.0 Å². The van der Waals surface area contributed by atoms with Crippen LogP contribution in [0.1, 0.15) is 44.7 Å². The maximum atomic E-state index is 12.4. The van der Waals surface area contributed by atoms with Crippen LogP contribution in [0.2, 0.25) is 0 Å². The first kappa shape index (κ1) is 22.8. The summed E-state index contributed by atoms with van der Waals surface area (Å²) in [5, 5.41) is 4.53. The zero-order valence-electron chi connectivity index (χ0n) is 16.8. The van der Waals surface area contributed by atoms with Crippen molar-refractivity contribution >= 4 is 27.9 Å². The second-order valence-corrected chi connectivity index (χ2v) is 9.64. The third-order valence-electron chi connectivity index (χ3n) is 4.14. The molecule has 2 rings (SSSR count). The Balaban J connectivity index is 1.81. The molecule has 0 heterocycles. The van der Waals surface area contributed by atoms with E-state index in [1.807, 2.05) is 5.32 Å². The van der Waals surface area contributed by atoms with E-state index < -0.39 is 46.6 Å². The molecule has 0 fully saturated rings. The summed E-state index contributed by atoms with van der Waals surface area (Å²) in [5.41, 5.74) is 1.62. The summed E-state index contributed by atoms with van der Waals surface area (Å²) in [6.45, 7) is 3.90. The van der Waals surface area contributed by atoms with Crippen molar-refractivity contribution in [3.63, 3.8) is 0 Å². The fraction of sp³-hybridized carbons (Fsp3) is 0.526. The van der Waals surface area contributed by atoms with Gasteiger partial charge in [0.05, 0.1) is 4.90 Å². The average Bonchev–Trinajstić information content (AvgIpc) is 2.62. The molecule has 0 saturated heterocycles. The molecule has 0 spiro atoms. The van der Waals surface area contributed by atoms with Crippen molar-refractivity contribution in [2.75, 3.05) is 13.2 Å². The molecular formula is C19H27N3O6S. The van der Waals surface area contributed by atoms with E-state index in [9.17, 15) is 22.8 Å². The van der Waals surface area contributed by atoms with Crippen molar-refractivity contribution < 1.29 is 27.5 Å². The molecule has 0 unspecified atom stereocenters. The number of nitrogens with one attached hydrogen (secondary N) is 3. The van der Waals surface area contributed by atoms with Crippen LogP contribution >= 0.6 is 0 Å². The molecule has 3 amide bonds. The highest BCUT2D eigenvalue weighted by molar-refractivity contribution is 7.89. The van der Waals surface area contributed by atoms with Crippen LogP contribution < -0.4 is 15.4 Å². The van der Waals surface area contributed by atoms with Gasteiger partial charge in [-0.05, 0) is 69.7 Å².